The Hall–Kier alpha value is -4.66. The van der Waals surface area contributed by atoms with E-state index >= 15 is 0 Å². The van der Waals surface area contributed by atoms with Crippen molar-refractivity contribution >= 4 is 28.6 Å². The number of hydrogen-bond acceptors (Lipinski definition) is 8. The van der Waals surface area contributed by atoms with E-state index in [1.807, 2.05) is 6.20 Å². The molecule has 0 atom stereocenters. The van der Waals surface area contributed by atoms with Crippen LogP contribution in [0.4, 0.5) is 0 Å². The topological polar surface area (TPSA) is 135 Å². The van der Waals surface area contributed by atoms with Crippen LogP contribution in [0.1, 0.15) is 46.0 Å². The maximum atomic E-state index is 11.7. The molecule has 1 saturated heterocycles. The van der Waals surface area contributed by atoms with Crippen LogP contribution < -0.4 is 4.74 Å². The van der Waals surface area contributed by atoms with Gasteiger partial charge in [0.2, 0.25) is 5.89 Å². The number of fused-ring (bicyclic) bond motifs is 1. The molecule has 0 amide bonds. The van der Waals surface area contributed by atoms with Gasteiger partial charge in [0.05, 0.1) is 53.5 Å². The lowest BCUT2D eigenvalue weighted by atomic mass is 9.95. The average Bonchev–Trinajstić information content (AvgIpc) is 3.70. The number of aryl methyl sites for hydroxylation is 1. The van der Waals surface area contributed by atoms with E-state index in [-0.39, 0.29) is 12.2 Å². The van der Waals surface area contributed by atoms with E-state index in [2.05, 4.69) is 37.0 Å². The lowest BCUT2D eigenvalue weighted by Gasteiger charge is -2.38. The van der Waals surface area contributed by atoms with Gasteiger partial charge in [0, 0.05) is 37.3 Å². The van der Waals surface area contributed by atoms with E-state index in [1.165, 1.54) is 0 Å². The highest BCUT2D eigenvalue weighted by atomic mass is 35.5. The van der Waals surface area contributed by atoms with Crippen molar-refractivity contribution in [2.75, 3.05) is 13.1 Å². The summed E-state index contributed by atoms with van der Waals surface area (Å²) < 4.78 is 15.8. The highest BCUT2D eigenvalue weighted by Crippen LogP contribution is 2.27. The Kier molecular flexibility index (Phi) is 7.65. The Morgan fingerprint density at radius 1 is 1.21 bits per heavy atom. The number of aromatic carboxylic acids is 1. The van der Waals surface area contributed by atoms with Gasteiger partial charge in [-0.1, -0.05) is 11.6 Å². The second-order valence-corrected chi connectivity index (χ2v) is 10.8. The number of oxazole rings is 1. The van der Waals surface area contributed by atoms with Crippen LogP contribution in [0.15, 0.2) is 59.5 Å². The average molecular weight is 586 g/mol. The zero-order valence-electron chi connectivity index (χ0n) is 22.9. The second kappa shape index (κ2) is 11.7. The van der Waals surface area contributed by atoms with Crippen LogP contribution in [0.2, 0.25) is 5.02 Å². The molecule has 2 aromatic carbocycles. The van der Waals surface area contributed by atoms with Crippen LogP contribution in [0.5, 0.6) is 5.75 Å². The monoisotopic (exact) mass is 585 g/mol. The molecule has 1 fully saturated rings. The van der Waals surface area contributed by atoms with Crippen molar-refractivity contribution in [2.45, 2.75) is 39.6 Å². The number of hydrogen-bond donors (Lipinski definition) is 1. The van der Waals surface area contributed by atoms with Crippen LogP contribution in [0.3, 0.4) is 0 Å². The molecule has 0 bridgehead atoms. The Labute approximate surface area is 246 Å². The molecule has 12 heteroatoms. The molecule has 4 heterocycles. The predicted molar refractivity (Wildman–Crippen MR) is 153 cm³/mol. The lowest BCUT2D eigenvalue weighted by molar-refractivity contribution is 0.0697. The Morgan fingerprint density at radius 3 is 2.86 bits per heavy atom. The normalized spacial score (nSPS) is 13.7. The van der Waals surface area contributed by atoms with Gasteiger partial charge in [-0.2, -0.15) is 5.26 Å². The quantitative estimate of drug-likeness (QED) is 0.232. The van der Waals surface area contributed by atoms with Crippen LogP contribution in [0, 0.1) is 17.2 Å². The maximum Gasteiger partial charge on any atom is 0.335 e. The van der Waals surface area contributed by atoms with Gasteiger partial charge in [-0.05, 0) is 49.2 Å². The molecule has 11 nitrogen and oxygen atoms in total. The number of ether oxygens (including phenoxy) is 1. The maximum absolute atomic E-state index is 11.7. The van der Waals surface area contributed by atoms with Gasteiger partial charge in [-0.15, -0.1) is 0 Å². The molecule has 214 valence electrons. The summed E-state index contributed by atoms with van der Waals surface area (Å²) in [5.41, 5.74) is 3.19. The third-order valence-corrected chi connectivity index (χ3v) is 7.67. The molecule has 1 N–H and O–H groups in total. The summed E-state index contributed by atoms with van der Waals surface area (Å²) >= 11 is 5.95. The van der Waals surface area contributed by atoms with Crippen molar-refractivity contribution in [2.24, 2.45) is 5.92 Å². The minimum atomic E-state index is -0.964. The molecule has 5 aromatic rings. The lowest BCUT2D eigenvalue weighted by Crippen LogP contribution is -2.47. The first-order valence-electron chi connectivity index (χ1n) is 13.6. The fourth-order valence-electron chi connectivity index (χ4n) is 5.31. The minimum Gasteiger partial charge on any atom is -0.482 e. The Morgan fingerprint density at radius 2 is 2.07 bits per heavy atom. The van der Waals surface area contributed by atoms with Crippen molar-refractivity contribution in [1.82, 2.24) is 29.0 Å². The first-order valence-corrected chi connectivity index (χ1v) is 14.0. The standard InChI is InChI=1S/C30H28ClN7O4/c1-2-37-18-33-11-23(37)15-38-26-9-20(30(39)40)3-5-25(26)35-28(38)16-36-13-19(14-36)7-24-12-34-29(42-24)17-41-27-6-4-22(31)8-21(27)10-32/h3-6,8-9,11-12,18-19H,2,7,13-17H2,1H3,(H,39,40). The highest BCUT2D eigenvalue weighted by molar-refractivity contribution is 6.30. The predicted octanol–water partition coefficient (Wildman–Crippen LogP) is 4.77. The third kappa shape index (κ3) is 5.72. The van der Waals surface area contributed by atoms with E-state index in [4.69, 9.17) is 25.7 Å². The molecule has 0 unspecified atom stereocenters. The van der Waals surface area contributed by atoms with Crippen molar-refractivity contribution < 1.29 is 19.1 Å². The van der Waals surface area contributed by atoms with E-state index < -0.39 is 5.97 Å². The minimum absolute atomic E-state index is 0.115. The van der Waals surface area contributed by atoms with Crippen LogP contribution >= 0.6 is 11.6 Å². The number of carboxylic acids is 1. The molecule has 0 aliphatic carbocycles. The number of benzene rings is 2. The summed E-state index contributed by atoms with van der Waals surface area (Å²) in [4.78, 5) is 27.5. The zero-order chi connectivity index (χ0) is 29.2. The van der Waals surface area contributed by atoms with Gasteiger partial charge in [0.25, 0.3) is 0 Å². The molecule has 1 aliphatic rings. The number of rotatable bonds is 11. The number of nitrogens with zero attached hydrogens (tertiary/aromatic N) is 7. The molecule has 1 aliphatic heterocycles. The van der Waals surface area contributed by atoms with Crippen molar-refractivity contribution in [3.05, 3.63) is 94.4 Å². The molecule has 0 saturated carbocycles. The fraction of sp³-hybridized carbons (Fsp3) is 0.300. The van der Waals surface area contributed by atoms with E-state index in [0.29, 0.717) is 41.2 Å². The van der Waals surface area contributed by atoms with Gasteiger partial charge < -0.3 is 23.4 Å². The molecule has 42 heavy (non-hydrogen) atoms. The number of imidazole rings is 2. The number of halogens is 1. The van der Waals surface area contributed by atoms with Gasteiger partial charge in [0.15, 0.2) is 6.61 Å². The zero-order valence-corrected chi connectivity index (χ0v) is 23.7. The second-order valence-electron chi connectivity index (χ2n) is 10.3. The first kappa shape index (κ1) is 27.5. The van der Waals surface area contributed by atoms with Crippen LogP contribution in [-0.4, -0.2) is 53.2 Å². The molecule has 3 aromatic heterocycles. The summed E-state index contributed by atoms with van der Waals surface area (Å²) in [6, 6.07) is 12.0. The Bertz CT molecular complexity index is 1790. The first-order chi connectivity index (χ1) is 20.4. The van der Waals surface area contributed by atoms with Gasteiger partial charge >= 0.3 is 5.97 Å². The van der Waals surface area contributed by atoms with Crippen LogP contribution in [0.25, 0.3) is 11.0 Å². The summed E-state index contributed by atoms with van der Waals surface area (Å²) in [7, 11) is 0. The van der Waals surface area contributed by atoms with Crippen molar-refractivity contribution in [1.29, 1.82) is 5.26 Å². The molecular formula is C30H28ClN7O4. The van der Waals surface area contributed by atoms with Gasteiger partial charge in [0.1, 0.15) is 23.4 Å². The van der Waals surface area contributed by atoms with Crippen molar-refractivity contribution in [3.63, 3.8) is 0 Å². The number of carbonyl (C=O) groups is 1. The molecular weight excluding hydrogens is 558 g/mol. The van der Waals surface area contributed by atoms with E-state index in [1.54, 1.807) is 48.9 Å². The molecule has 6 rings (SSSR count). The number of aromatic nitrogens is 5. The highest BCUT2D eigenvalue weighted by Gasteiger charge is 2.29. The summed E-state index contributed by atoms with van der Waals surface area (Å²) in [5, 5.41) is 19.3. The van der Waals surface area contributed by atoms with Gasteiger partial charge in [-0.3, -0.25) is 4.90 Å². The smallest absolute Gasteiger partial charge is 0.335 e. The molecule has 0 spiro atoms. The summed E-state index contributed by atoms with van der Waals surface area (Å²) in [6.45, 7) is 5.92. The Balaban J connectivity index is 1.09. The number of likely N-dealkylation sites (tertiary alicyclic amines) is 1. The molecule has 0 radical (unpaired) electrons. The fourth-order valence-corrected chi connectivity index (χ4v) is 5.49. The van der Waals surface area contributed by atoms with E-state index in [0.717, 1.165) is 54.4 Å². The van der Waals surface area contributed by atoms with Crippen LogP contribution in [-0.2, 0) is 32.7 Å². The van der Waals surface area contributed by atoms with Gasteiger partial charge in [-0.25, -0.2) is 19.7 Å². The van der Waals surface area contributed by atoms with E-state index in [9.17, 15) is 15.2 Å². The largest absolute Gasteiger partial charge is 0.482 e. The number of nitriles is 1. The number of carboxylic acid groups (broad SMARTS) is 1. The SMILES string of the molecule is CCn1cncc1Cn1c(CN2CC(Cc3cnc(COc4ccc(Cl)cc4C#N)o3)C2)nc2ccc(C(=O)O)cc21. The van der Waals surface area contributed by atoms with Crippen molar-refractivity contribution in [3.8, 4) is 11.8 Å². The summed E-state index contributed by atoms with van der Waals surface area (Å²) in [6.07, 6.45) is 6.13. The third-order valence-electron chi connectivity index (χ3n) is 7.44. The summed E-state index contributed by atoms with van der Waals surface area (Å²) in [5.74, 6) is 1.99.